The summed E-state index contributed by atoms with van der Waals surface area (Å²) in [5.41, 5.74) is 6.90. The first-order valence-electron chi connectivity index (χ1n) is 5.86. The summed E-state index contributed by atoms with van der Waals surface area (Å²) in [5, 5.41) is 9.81. The number of benzene rings is 1. The molecule has 0 bridgehead atoms. The minimum absolute atomic E-state index is 0.178. The molecule has 100 valence electrons. The largest absolute Gasteiger partial charge is 0.505 e. The van der Waals surface area contributed by atoms with Crippen LogP contribution in [0.15, 0.2) is 34.9 Å². The second-order valence-corrected chi connectivity index (χ2v) is 4.41. The van der Waals surface area contributed by atoms with Gasteiger partial charge in [-0.1, -0.05) is 6.07 Å². The summed E-state index contributed by atoms with van der Waals surface area (Å²) in [7, 11) is 1.66. The molecule has 0 radical (unpaired) electrons. The number of hydrogen-bond donors (Lipinski definition) is 2. The zero-order valence-corrected chi connectivity index (χ0v) is 10.9. The number of para-hydroxylation sites is 1. The highest BCUT2D eigenvalue weighted by molar-refractivity contribution is 5.98. The van der Waals surface area contributed by atoms with Crippen molar-refractivity contribution in [3.05, 3.63) is 47.4 Å². The molecule has 0 aliphatic rings. The number of nitrogens with zero attached hydrogens (tertiary/aromatic N) is 1. The highest BCUT2D eigenvalue weighted by Crippen LogP contribution is 2.25. The molecular formula is C14H16N2O3. The topological polar surface area (TPSA) is 79.7 Å². The van der Waals surface area contributed by atoms with Crippen LogP contribution in [-0.2, 0) is 6.54 Å². The van der Waals surface area contributed by atoms with Gasteiger partial charge in [-0.2, -0.15) is 0 Å². The van der Waals surface area contributed by atoms with Crippen molar-refractivity contribution >= 4 is 11.6 Å². The highest BCUT2D eigenvalue weighted by atomic mass is 16.3. The van der Waals surface area contributed by atoms with Crippen LogP contribution in [0.5, 0.6) is 5.75 Å². The van der Waals surface area contributed by atoms with Crippen LogP contribution in [0.1, 0.15) is 21.7 Å². The third-order valence-electron chi connectivity index (χ3n) is 3.02. The molecular weight excluding hydrogens is 244 g/mol. The fraction of sp³-hybridized carbons (Fsp3) is 0.214. The Morgan fingerprint density at radius 3 is 2.79 bits per heavy atom. The lowest BCUT2D eigenvalue weighted by atomic mass is 10.1. The Morgan fingerprint density at radius 1 is 1.42 bits per heavy atom. The number of nitrogen functional groups attached to an aromatic ring is 1. The quantitative estimate of drug-likeness (QED) is 0.654. The molecule has 5 nitrogen and oxygen atoms in total. The van der Waals surface area contributed by atoms with Crippen LogP contribution in [-0.4, -0.2) is 23.0 Å². The maximum atomic E-state index is 12.2. The van der Waals surface area contributed by atoms with Crippen molar-refractivity contribution in [2.75, 3.05) is 12.8 Å². The Kier molecular flexibility index (Phi) is 3.46. The lowest BCUT2D eigenvalue weighted by Gasteiger charge is -2.17. The number of phenolic OH excluding ortho intramolecular Hbond substituents is 1. The first kappa shape index (κ1) is 13.0. The van der Waals surface area contributed by atoms with Crippen LogP contribution in [0.3, 0.4) is 0 Å². The number of carbonyl (C=O) groups excluding carboxylic acids is 1. The Bertz CT molecular complexity index is 604. The van der Waals surface area contributed by atoms with E-state index in [2.05, 4.69) is 0 Å². The maximum absolute atomic E-state index is 12.2. The molecule has 5 heteroatoms. The van der Waals surface area contributed by atoms with Crippen LogP contribution in [0.2, 0.25) is 0 Å². The molecule has 1 aromatic heterocycles. The summed E-state index contributed by atoms with van der Waals surface area (Å²) in [4.78, 5) is 13.7. The zero-order chi connectivity index (χ0) is 14.0. The lowest BCUT2D eigenvalue weighted by molar-refractivity contribution is 0.0782. The van der Waals surface area contributed by atoms with Crippen LogP contribution < -0.4 is 5.73 Å². The molecule has 1 amide bonds. The molecule has 3 N–H and O–H groups in total. The third kappa shape index (κ3) is 2.54. The van der Waals surface area contributed by atoms with Gasteiger partial charge in [-0.25, -0.2) is 0 Å². The van der Waals surface area contributed by atoms with E-state index in [-0.39, 0.29) is 22.9 Å². The first-order valence-corrected chi connectivity index (χ1v) is 5.86. The predicted octanol–water partition coefficient (Wildman–Crippen LogP) is 2.15. The smallest absolute Gasteiger partial charge is 0.257 e. The summed E-state index contributed by atoms with van der Waals surface area (Å²) in [6.45, 7) is 2.25. The van der Waals surface area contributed by atoms with E-state index in [1.165, 1.54) is 4.90 Å². The molecule has 1 heterocycles. The van der Waals surface area contributed by atoms with E-state index < -0.39 is 0 Å². The van der Waals surface area contributed by atoms with Gasteiger partial charge in [-0.3, -0.25) is 4.79 Å². The fourth-order valence-corrected chi connectivity index (χ4v) is 1.84. The van der Waals surface area contributed by atoms with E-state index in [0.717, 1.165) is 11.3 Å². The van der Waals surface area contributed by atoms with Crippen LogP contribution in [0.25, 0.3) is 0 Å². The molecule has 0 fully saturated rings. The number of anilines is 1. The average Bonchev–Trinajstić information content (AvgIpc) is 2.77. The second kappa shape index (κ2) is 5.06. The van der Waals surface area contributed by atoms with Gasteiger partial charge in [0.15, 0.2) is 5.75 Å². The number of carbonyl (C=O) groups is 1. The number of aromatic hydroxyl groups is 1. The number of furan rings is 1. The molecule has 0 aliphatic carbocycles. The molecule has 0 spiro atoms. The Balaban J connectivity index is 2.20. The zero-order valence-electron chi connectivity index (χ0n) is 10.9. The molecule has 0 atom stereocenters. The SMILES string of the molecule is Cc1occc1CN(C)C(=O)c1cccc(N)c1O. The van der Waals surface area contributed by atoms with Gasteiger partial charge in [0, 0.05) is 19.2 Å². The molecule has 0 saturated heterocycles. The molecule has 2 rings (SSSR count). The van der Waals surface area contributed by atoms with E-state index >= 15 is 0 Å². The highest BCUT2D eigenvalue weighted by Gasteiger charge is 2.18. The summed E-state index contributed by atoms with van der Waals surface area (Å²) in [6.07, 6.45) is 1.58. The number of rotatable bonds is 3. The first-order chi connectivity index (χ1) is 9.00. The van der Waals surface area contributed by atoms with Gasteiger partial charge in [0.1, 0.15) is 5.76 Å². The van der Waals surface area contributed by atoms with Crippen molar-refractivity contribution in [3.8, 4) is 5.75 Å². The van der Waals surface area contributed by atoms with Gasteiger partial charge in [0.25, 0.3) is 5.91 Å². The van der Waals surface area contributed by atoms with Crippen molar-refractivity contribution in [3.63, 3.8) is 0 Å². The molecule has 2 aromatic rings. The Hall–Kier alpha value is -2.43. The van der Waals surface area contributed by atoms with Gasteiger partial charge < -0.3 is 20.2 Å². The van der Waals surface area contributed by atoms with Crippen LogP contribution in [0, 0.1) is 6.92 Å². The summed E-state index contributed by atoms with van der Waals surface area (Å²) >= 11 is 0. The number of amides is 1. The molecule has 0 aliphatic heterocycles. The van der Waals surface area contributed by atoms with E-state index in [4.69, 9.17) is 10.2 Å². The maximum Gasteiger partial charge on any atom is 0.257 e. The van der Waals surface area contributed by atoms with Crippen molar-refractivity contribution in [2.45, 2.75) is 13.5 Å². The van der Waals surface area contributed by atoms with E-state index in [0.29, 0.717) is 6.54 Å². The summed E-state index contributed by atoms with van der Waals surface area (Å²) in [5.74, 6) is 0.310. The van der Waals surface area contributed by atoms with Crippen molar-refractivity contribution in [1.82, 2.24) is 4.90 Å². The van der Waals surface area contributed by atoms with Gasteiger partial charge in [0.05, 0.1) is 17.5 Å². The number of aryl methyl sites for hydroxylation is 1. The van der Waals surface area contributed by atoms with Gasteiger partial charge in [0.2, 0.25) is 0 Å². The number of nitrogens with two attached hydrogens (primary N) is 1. The number of hydrogen-bond acceptors (Lipinski definition) is 4. The van der Waals surface area contributed by atoms with Crippen LogP contribution >= 0.6 is 0 Å². The molecule has 19 heavy (non-hydrogen) atoms. The Morgan fingerprint density at radius 2 is 2.16 bits per heavy atom. The third-order valence-corrected chi connectivity index (χ3v) is 3.02. The van der Waals surface area contributed by atoms with Gasteiger partial charge >= 0.3 is 0 Å². The Labute approximate surface area is 111 Å². The minimum atomic E-state index is -0.287. The minimum Gasteiger partial charge on any atom is -0.505 e. The summed E-state index contributed by atoms with van der Waals surface area (Å²) in [6, 6.07) is 6.55. The summed E-state index contributed by atoms with van der Waals surface area (Å²) < 4.78 is 5.19. The van der Waals surface area contributed by atoms with Gasteiger partial charge in [-0.05, 0) is 25.1 Å². The normalized spacial score (nSPS) is 10.4. The van der Waals surface area contributed by atoms with Crippen molar-refractivity contribution < 1.29 is 14.3 Å². The fourth-order valence-electron chi connectivity index (χ4n) is 1.84. The number of phenols is 1. The van der Waals surface area contributed by atoms with Crippen LogP contribution in [0.4, 0.5) is 5.69 Å². The predicted molar refractivity (Wildman–Crippen MR) is 71.8 cm³/mol. The molecule has 0 saturated carbocycles. The van der Waals surface area contributed by atoms with Gasteiger partial charge in [-0.15, -0.1) is 0 Å². The van der Waals surface area contributed by atoms with Crippen molar-refractivity contribution in [2.24, 2.45) is 0 Å². The monoisotopic (exact) mass is 260 g/mol. The average molecular weight is 260 g/mol. The van der Waals surface area contributed by atoms with E-state index in [9.17, 15) is 9.90 Å². The molecule has 0 unspecified atom stereocenters. The molecule has 1 aromatic carbocycles. The lowest BCUT2D eigenvalue weighted by Crippen LogP contribution is -2.26. The van der Waals surface area contributed by atoms with E-state index in [1.54, 1.807) is 31.5 Å². The second-order valence-electron chi connectivity index (χ2n) is 4.41. The standard InChI is InChI=1S/C14H16N2O3/c1-9-10(6-7-19-9)8-16(2)14(18)11-4-3-5-12(15)13(11)17/h3-7,17H,8,15H2,1-2H3. The van der Waals surface area contributed by atoms with E-state index in [1.807, 2.05) is 13.0 Å². The van der Waals surface area contributed by atoms with Crippen molar-refractivity contribution in [1.29, 1.82) is 0 Å².